The van der Waals surface area contributed by atoms with Crippen molar-refractivity contribution in [3.8, 4) is 6.07 Å². The highest BCUT2D eigenvalue weighted by molar-refractivity contribution is 5.92. The van der Waals surface area contributed by atoms with Gasteiger partial charge in [-0.1, -0.05) is 0 Å². The molecular weight excluding hydrogens is 228 g/mol. The van der Waals surface area contributed by atoms with E-state index in [9.17, 15) is 4.79 Å². The SMILES string of the molecule is N#Cc1ccc(NC(=O)N2CCCCC2)c(N)c1. The number of carbonyl (C=O) groups is 1. The third-order valence-electron chi connectivity index (χ3n) is 3.07. The van der Waals surface area contributed by atoms with Crippen LogP contribution in [-0.4, -0.2) is 24.0 Å². The Labute approximate surface area is 106 Å². The van der Waals surface area contributed by atoms with Crippen LogP contribution in [0.25, 0.3) is 0 Å². The Morgan fingerprint density at radius 3 is 2.67 bits per heavy atom. The predicted octanol–water partition coefficient (Wildman–Crippen LogP) is 2.16. The maximum Gasteiger partial charge on any atom is 0.321 e. The minimum atomic E-state index is -0.119. The van der Waals surface area contributed by atoms with Crippen LogP contribution >= 0.6 is 0 Å². The maximum absolute atomic E-state index is 12.0. The van der Waals surface area contributed by atoms with E-state index >= 15 is 0 Å². The van der Waals surface area contributed by atoms with E-state index in [4.69, 9.17) is 11.0 Å². The lowest BCUT2D eigenvalue weighted by Gasteiger charge is -2.27. The van der Waals surface area contributed by atoms with Gasteiger partial charge in [0.15, 0.2) is 0 Å². The van der Waals surface area contributed by atoms with E-state index in [0.717, 1.165) is 25.9 Å². The summed E-state index contributed by atoms with van der Waals surface area (Å²) in [6.07, 6.45) is 3.29. The molecular formula is C13H16N4O. The van der Waals surface area contributed by atoms with Crippen LogP contribution in [0.1, 0.15) is 24.8 Å². The van der Waals surface area contributed by atoms with E-state index in [0.29, 0.717) is 16.9 Å². The number of nitrogens with zero attached hydrogens (tertiary/aromatic N) is 2. The topological polar surface area (TPSA) is 82.2 Å². The Morgan fingerprint density at radius 2 is 2.06 bits per heavy atom. The first-order valence-electron chi connectivity index (χ1n) is 6.06. The third kappa shape index (κ3) is 2.72. The van der Waals surface area contributed by atoms with E-state index < -0.39 is 0 Å². The number of nitriles is 1. The molecule has 0 spiro atoms. The second-order valence-corrected chi connectivity index (χ2v) is 4.39. The van der Waals surface area contributed by atoms with Gasteiger partial charge >= 0.3 is 6.03 Å². The fraction of sp³-hybridized carbons (Fsp3) is 0.385. The van der Waals surface area contributed by atoms with Crippen LogP contribution in [0.4, 0.5) is 16.2 Å². The van der Waals surface area contributed by atoms with Gasteiger partial charge < -0.3 is 16.0 Å². The molecule has 0 atom stereocenters. The fourth-order valence-corrected chi connectivity index (χ4v) is 2.04. The van der Waals surface area contributed by atoms with Crippen LogP contribution < -0.4 is 11.1 Å². The van der Waals surface area contributed by atoms with Gasteiger partial charge in [-0.15, -0.1) is 0 Å². The molecule has 1 heterocycles. The standard InChI is InChI=1S/C13H16N4O/c14-9-10-4-5-12(11(15)8-10)16-13(18)17-6-2-1-3-7-17/h4-5,8H,1-3,6-7,15H2,(H,16,18). The van der Waals surface area contributed by atoms with E-state index in [2.05, 4.69) is 5.32 Å². The number of likely N-dealkylation sites (tertiary alicyclic amines) is 1. The monoisotopic (exact) mass is 244 g/mol. The number of nitrogens with two attached hydrogens (primary N) is 1. The minimum absolute atomic E-state index is 0.119. The summed E-state index contributed by atoms with van der Waals surface area (Å²) in [7, 11) is 0. The zero-order valence-electron chi connectivity index (χ0n) is 10.1. The van der Waals surface area contributed by atoms with Crippen LogP contribution in [0.5, 0.6) is 0 Å². The summed E-state index contributed by atoms with van der Waals surface area (Å²) in [5.74, 6) is 0. The first kappa shape index (κ1) is 12.2. The number of benzene rings is 1. The van der Waals surface area contributed by atoms with Crippen LogP contribution in [0.15, 0.2) is 18.2 Å². The van der Waals surface area contributed by atoms with Crippen molar-refractivity contribution in [2.45, 2.75) is 19.3 Å². The predicted molar refractivity (Wildman–Crippen MR) is 70.0 cm³/mol. The summed E-state index contributed by atoms with van der Waals surface area (Å²) in [5, 5.41) is 11.5. The Morgan fingerprint density at radius 1 is 1.33 bits per heavy atom. The molecule has 0 aromatic heterocycles. The molecule has 0 saturated carbocycles. The van der Waals surface area contributed by atoms with E-state index in [1.165, 1.54) is 6.42 Å². The summed E-state index contributed by atoms with van der Waals surface area (Å²) in [6.45, 7) is 1.59. The van der Waals surface area contributed by atoms with Gasteiger partial charge in [-0.3, -0.25) is 0 Å². The molecule has 1 aliphatic heterocycles. The first-order chi connectivity index (χ1) is 8.70. The van der Waals surface area contributed by atoms with Crippen molar-refractivity contribution in [2.24, 2.45) is 0 Å². The summed E-state index contributed by atoms with van der Waals surface area (Å²) >= 11 is 0. The van der Waals surface area contributed by atoms with Crippen molar-refractivity contribution < 1.29 is 4.79 Å². The molecule has 1 aromatic rings. The van der Waals surface area contributed by atoms with Gasteiger partial charge in [0.2, 0.25) is 0 Å². The molecule has 1 fully saturated rings. The number of piperidine rings is 1. The Balaban J connectivity index is 2.04. The Kier molecular flexibility index (Phi) is 3.68. The number of hydrogen-bond acceptors (Lipinski definition) is 3. The quantitative estimate of drug-likeness (QED) is 0.742. The molecule has 1 aromatic carbocycles. The van der Waals surface area contributed by atoms with Gasteiger partial charge in [-0.05, 0) is 37.5 Å². The number of nitrogen functional groups attached to an aromatic ring is 1. The third-order valence-corrected chi connectivity index (χ3v) is 3.07. The molecule has 0 unspecified atom stereocenters. The van der Waals surface area contributed by atoms with Crippen LogP contribution in [0.3, 0.4) is 0 Å². The molecule has 5 heteroatoms. The molecule has 0 bridgehead atoms. The second-order valence-electron chi connectivity index (χ2n) is 4.39. The minimum Gasteiger partial charge on any atom is -0.397 e. The van der Waals surface area contributed by atoms with Crippen molar-refractivity contribution in [3.63, 3.8) is 0 Å². The van der Waals surface area contributed by atoms with E-state index in [-0.39, 0.29) is 6.03 Å². The lowest BCUT2D eigenvalue weighted by molar-refractivity contribution is 0.200. The average Bonchev–Trinajstić information content (AvgIpc) is 2.42. The highest BCUT2D eigenvalue weighted by atomic mass is 16.2. The summed E-state index contributed by atoms with van der Waals surface area (Å²) < 4.78 is 0. The molecule has 0 aliphatic carbocycles. The first-order valence-corrected chi connectivity index (χ1v) is 6.06. The largest absolute Gasteiger partial charge is 0.397 e. The van der Waals surface area contributed by atoms with Gasteiger partial charge in [0, 0.05) is 13.1 Å². The van der Waals surface area contributed by atoms with Crippen molar-refractivity contribution >= 4 is 17.4 Å². The van der Waals surface area contributed by atoms with Crippen molar-refractivity contribution in [3.05, 3.63) is 23.8 Å². The number of urea groups is 1. The Bertz CT molecular complexity index is 486. The Hall–Kier alpha value is -2.22. The number of hydrogen-bond donors (Lipinski definition) is 2. The molecule has 1 aliphatic rings. The van der Waals surface area contributed by atoms with Gasteiger partial charge in [0.1, 0.15) is 0 Å². The van der Waals surface area contributed by atoms with Crippen molar-refractivity contribution in [1.29, 1.82) is 5.26 Å². The van der Waals surface area contributed by atoms with Crippen molar-refractivity contribution in [1.82, 2.24) is 4.90 Å². The molecule has 2 rings (SSSR count). The molecule has 0 radical (unpaired) electrons. The summed E-state index contributed by atoms with van der Waals surface area (Å²) in [6, 6.07) is 6.75. The highest BCUT2D eigenvalue weighted by Crippen LogP contribution is 2.20. The van der Waals surface area contributed by atoms with Crippen LogP contribution in [0, 0.1) is 11.3 Å². The number of carbonyl (C=O) groups excluding carboxylic acids is 1. The number of nitrogens with one attached hydrogen (secondary N) is 1. The lowest BCUT2D eigenvalue weighted by Crippen LogP contribution is -2.38. The molecule has 94 valence electrons. The molecule has 5 nitrogen and oxygen atoms in total. The summed E-state index contributed by atoms with van der Waals surface area (Å²) in [5.41, 5.74) is 7.26. The zero-order chi connectivity index (χ0) is 13.0. The zero-order valence-corrected chi connectivity index (χ0v) is 10.1. The average molecular weight is 244 g/mol. The van der Waals surface area contributed by atoms with E-state index in [1.807, 2.05) is 6.07 Å². The van der Waals surface area contributed by atoms with E-state index in [1.54, 1.807) is 23.1 Å². The normalized spacial score (nSPS) is 14.9. The molecule has 18 heavy (non-hydrogen) atoms. The lowest BCUT2D eigenvalue weighted by atomic mass is 10.1. The smallest absolute Gasteiger partial charge is 0.321 e. The van der Waals surface area contributed by atoms with Gasteiger partial charge in [-0.25, -0.2) is 4.79 Å². The highest BCUT2D eigenvalue weighted by Gasteiger charge is 2.17. The summed E-state index contributed by atoms with van der Waals surface area (Å²) in [4.78, 5) is 13.8. The van der Waals surface area contributed by atoms with Crippen LogP contribution in [-0.2, 0) is 0 Å². The number of amides is 2. The molecule has 1 saturated heterocycles. The second kappa shape index (κ2) is 5.41. The molecule has 2 amide bonds. The van der Waals surface area contributed by atoms with Gasteiger partial charge in [0.05, 0.1) is 23.0 Å². The van der Waals surface area contributed by atoms with Crippen molar-refractivity contribution in [2.75, 3.05) is 24.1 Å². The van der Waals surface area contributed by atoms with Gasteiger partial charge in [0.25, 0.3) is 0 Å². The maximum atomic E-state index is 12.0. The van der Waals surface area contributed by atoms with Gasteiger partial charge in [-0.2, -0.15) is 5.26 Å². The fourth-order valence-electron chi connectivity index (χ4n) is 2.04. The number of anilines is 2. The van der Waals surface area contributed by atoms with Crippen LogP contribution in [0.2, 0.25) is 0 Å². The molecule has 3 N–H and O–H groups in total. The number of rotatable bonds is 1.